The highest BCUT2D eigenvalue weighted by Gasteiger charge is 2.41. The lowest BCUT2D eigenvalue weighted by Gasteiger charge is -2.44. The van der Waals surface area contributed by atoms with Crippen LogP contribution >= 0.6 is 0 Å². The monoisotopic (exact) mass is 322 g/mol. The molecule has 3 nitrogen and oxygen atoms in total. The van der Waals surface area contributed by atoms with Gasteiger partial charge in [0, 0.05) is 31.5 Å². The largest absolute Gasteiger partial charge is 0.340 e. The first-order valence-electron chi connectivity index (χ1n) is 8.65. The second-order valence-electron chi connectivity index (χ2n) is 6.93. The van der Waals surface area contributed by atoms with E-state index in [2.05, 4.69) is 79.7 Å². The first-order valence-corrected chi connectivity index (χ1v) is 8.65. The third kappa shape index (κ3) is 3.36. The lowest BCUT2D eigenvalue weighted by molar-refractivity contribution is -0.135. The maximum Gasteiger partial charge on any atom is 0.222 e. The number of benzene rings is 2. The molecule has 0 aliphatic carbocycles. The van der Waals surface area contributed by atoms with Crippen LogP contribution in [0.5, 0.6) is 0 Å². The first-order chi connectivity index (χ1) is 11.6. The standard InChI is InChI=1S/C21H26N2O/c1-22(2)15-16-23-17-21(14-13-20(23)24,18-9-5-3-6-10-18)19-11-7-4-8-12-19/h3-12H,13-17H2,1-2H3. The number of carbonyl (C=O) groups excluding carboxylic acids is 1. The second-order valence-corrected chi connectivity index (χ2v) is 6.93. The maximum atomic E-state index is 12.5. The molecule has 1 aliphatic rings. The molecule has 24 heavy (non-hydrogen) atoms. The molecule has 0 aromatic heterocycles. The summed E-state index contributed by atoms with van der Waals surface area (Å²) >= 11 is 0. The van der Waals surface area contributed by atoms with Gasteiger partial charge in [0.2, 0.25) is 5.91 Å². The van der Waals surface area contributed by atoms with Gasteiger partial charge in [-0.1, -0.05) is 60.7 Å². The Morgan fingerprint density at radius 2 is 1.50 bits per heavy atom. The number of amides is 1. The number of nitrogens with zero attached hydrogens (tertiary/aromatic N) is 2. The van der Waals surface area contributed by atoms with Crippen molar-refractivity contribution in [2.75, 3.05) is 33.7 Å². The number of rotatable bonds is 5. The van der Waals surface area contributed by atoms with E-state index in [1.807, 2.05) is 4.90 Å². The summed E-state index contributed by atoms with van der Waals surface area (Å²) < 4.78 is 0. The molecule has 1 saturated heterocycles. The minimum absolute atomic E-state index is 0.108. The highest BCUT2D eigenvalue weighted by Crippen LogP contribution is 2.40. The van der Waals surface area contributed by atoms with Crippen molar-refractivity contribution < 1.29 is 4.79 Å². The van der Waals surface area contributed by atoms with E-state index in [0.717, 1.165) is 26.1 Å². The molecule has 0 radical (unpaired) electrons. The molecule has 2 aromatic carbocycles. The van der Waals surface area contributed by atoms with Crippen LogP contribution in [0.1, 0.15) is 24.0 Å². The summed E-state index contributed by atoms with van der Waals surface area (Å²) in [6.45, 7) is 2.44. The van der Waals surface area contributed by atoms with Crippen LogP contribution < -0.4 is 0 Å². The molecular formula is C21H26N2O. The smallest absolute Gasteiger partial charge is 0.222 e. The predicted octanol–water partition coefficient (Wildman–Crippen LogP) is 3.16. The average Bonchev–Trinajstić information content (AvgIpc) is 2.62. The Morgan fingerprint density at radius 3 is 2.00 bits per heavy atom. The molecule has 126 valence electrons. The lowest BCUT2D eigenvalue weighted by atomic mass is 9.69. The topological polar surface area (TPSA) is 23.6 Å². The van der Waals surface area contributed by atoms with Crippen molar-refractivity contribution in [3.63, 3.8) is 0 Å². The zero-order valence-electron chi connectivity index (χ0n) is 14.6. The van der Waals surface area contributed by atoms with Crippen LogP contribution in [-0.4, -0.2) is 49.4 Å². The van der Waals surface area contributed by atoms with Crippen molar-refractivity contribution in [3.8, 4) is 0 Å². The Morgan fingerprint density at radius 1 is 0.958 bits per heavy atom. The zero-order chi connectivity index (χ0) is 17.0. The molecular weight excluding hydrogens is 296 g/mol. The van der Waals surface area contributed by atoms with Gasteiger partial charge in [-0.25, -0.2) is 0 Å². The van der Waals surface area contributed by atoms with E-state index in [1.165, 1.54) is 11.1 Å². The summed E-state index contributed by atoms with van der Waals surface area (Å²) in [7, 11) is 4.10. The van der Waals surface area contributed by atoms with E-state index in [9.17, 15) is 4.79 Å². The van der Waals surface area contributed by atoms with Crippen LogP contribution in [0.25, 0.3) is 0 Å². The number of likely N-dealkylation sites (tertiary alicyclic amines) is 1. The van der Waals surface area contributed by atoms with Crippen LogP contribution in [0.2, 0.25) is 0 Å². The van der Waals surface area contributed by atoms with Gasteiger partial charge in [0.05, 0.1) is 0 Å². The third-order valence-electron chi connectivity index (χ3n) is 5.05. The van der Waals surface area contributed by atoms with Gasteiger partial charge in [0.1, 0.15) is 0 Å². The molecule has 3 rings (SSSR count). The van der Waals surface area contributed by atoms with Crippen LogP contribution in [0.15, 0.2) is 60.7 Å². The van der Waals surface area contributed by atoms with Crippen molar-refractivity contribution in [2.24, 2.45) is 0 Å². The van der Waals surface area contributed by atoms with Gasteiger partial charge < -0.3 is 9.80 Å². The van der Waals surface area contributed by atoms with E-state index in [-0.39, 0.29) is 11.3 Å². The number of hydrogen-bond donors (Lipinski definition) is 0. The molecule has 1 aliphatic heterocycles. The Balaban J connectivity index is 1.98. The van der Waals surface area contributed by atoms with Crippen molar-refractivity contribution in [3.05, 3.63) is 71.8 Å². The lowest BCUT2D eigenvalue weighted by Crippen LogP contribution is -2.51. The van der Waals surface area contributed by atoms with E-state index < -0.39 is 0 Å². The van der Waals surface area contributed by atoms with E-state index in [0.29, 0.717) is 6.42 Å². The van der Waals surface area contributed by atoms with E-state index >= 15 is 0 Å². The molecule has 1 fully saturated rings. The average molecular weight is 322 g/mol. The molecule has 0 spiro atoms. The molecule has 1 amide bonds. The fourth-order valence-corrected chi connectivity index (χ4v) is 3.65. The van der Waals surface area contributed by atoms with Gasteiger partial charge in [0.25, 0.3) is 0 Å². The minimum Gasteiger partial charge on any atom is -0.340 e. The van der Waals surface area contributed by atoms with Gasteiger partial charge >= 0.3 is 0 Å². The predicted molar refractivity (Wildman–Crippen MR) is 98.0 cm³/mol. The van der Waals surface area contributed by atoms with E-state index in [1.54, 1.807) is 0 Å². The third-order valence-corrected chi connectivity index (χ3v) is 5.05. The summed E-state index contributed by atoms with van der Waals surface area (Å²) in [5.41, 5.74) is 2.50. The molecule has 0 N–H and O–H groups in total. The highest BCUT2D eigenvalue weighted by atomic mass is 16.2. The van der Waals surface area contributed by atoms with Crippen LogP contribution in [0, 0.1) is 0 Å². The van der Waals surface area contributed by atoms with Gasteiger partial charge in [0.15, 0.2) is 0 Å². The number of carbonyl (C=O) groups is 1. The minimum atomic E-state index is -0.108. The van der Waals surface area contributed by atoms with Crippen molar-refractivity contribution in [1.29, 1.82) is 0 Å². The molecule has 2 aromatic rings. The highest BCUT2D eigenvalue weighted by molar-refractivity contribution is 5.78. The van der Waals surface area contributed by atoms with Crippen molar-refractivity contribution in [1.82, 2.24) is 9.80 Å². The van der Waals surface area contributed by atoms with Crippen molar-refractivity contribution in [2.45, 2.75) is 18.3 Å². The zero-order valence-corrected chi connectivity index (χ0v) is 14.6. The summed E-state index contributed by atoms with van der Waals surface area (Å²) in [5, 5.41) is 0. The van der Waals surface area contributed by atoms with Crippen molar-refractivity contribution >= 4 is 5.91 Å². The normalized spacial score (nSPS) is 17.3. The SMILES string of the molecule is CN(C)CCN1CC(c2ccccc2)(c2ccccc2)CCC1=O. The Hall–Kier alpha value is -2.13. The summed E-state index contributed by atoms with van der Waals surface area (Å²) in [6, 6.07) is 21.3. The summed E-state index contributed by atoms with van der Waals surface area (Å²) in [6.07, 6.45) is 1.48. The maximum absolute atomic E-state index is 12.5. The summed E-state index contributed by atoms with van der Waals surface area (Å²) in [4.78, 5) is 16.6. The molecule has 0 bridgehead atoms. The first kappa shape index (κ1) is 16.7. The van der Waals surface area contributed by atoms with Gasteiger partial charge in [-0.2, -0.15) is 0 Å². The Bertz CT molecular complexity index is 627. The number of hydrogen-bond acceptors (Lipinski definition) is 2. The Kier molecular flexibility index (Phi) is 5.00. The van der Waals surface area contributed by atoms with Gasteiger partial charge in [-0.05, 0) is 31.6 Å². The fourth-order valence-electron chi connectivity index (χ4n) is 3.65. The number of piperidine rings is 1. The van der Waals surface area contributed by atoms with Crippen LogP contribution in [-0.2, 0) is 10.2 Å². The summed E-state index contributed by atoms with van der Waals surface area (Å²) in [5.74, 6) is 0.277. The molecule has 0 unspecified atom stereocenters. The molecule has 1 heterocycles. The molecule has 3 heteroatoms. The van der Waals surface area contributed by atoms with Crippen LogP contribution in [0.4, 0.5) is 0 Å². The fraction of sp³-hybridized carbons (Fsp3) is 0.381. The molecule has 0 atom stereocenters. The quantitative estimate of drug-likeness (QED) is 0.844. The molecule has 0 saturated carbocycles. The van der Waals surface area contributed by atoms with Gasteiger partial charge in [-0.15, -0.1) is 0 Å². The van der Waals surface area contributed by atoms with Gasteiger partial charge in [-0.3, -0.25) is 4.79 Å². The second kappa shape index (κ2) is 7.18. The Labute approximate surface area is 144 Å². The van der Waals surface area contributed by atoms with Crippen LogP contribution in [0.3, 0.4) is 0 Å². The van der Waals surface area contributed by atoms with E-state index in [4.69, 9.17) is 0 Å². The number of likely N-dealkylation sites (N-methyl/N-ethyl adjacent to an activating group) is 1.